The van der Waals surface area contributed by atoms with Gasteiger partial charge in [-0.1, -0.05) is 27.7 Å². The van der Waals surface area contributed by atoms with Crippen LogP contribution in [0.15, 0.2) is 11.2 Å². The van der Waals surface area contributed by atoms with Crippen LogP contribution in [0.3, 0.4) is 0 Å². The summed E-state index contributed by atoms with van der Waals surface area (Å²) < 4.78 is 29.6. The van der Waals surface area contributed by atoms with Gasteiger partial charge in [-0.15, -0.1) is 11.6 Å². The number of aromatic nitrogens is 2. The molecule has 0 spiro atoms. The first-order chi connectivity index (χ1) is 9.61. The molecule has 0 saturated heterocycles. The average molecular weight is 336 g/mol. The van der Waals surface area contributed by atoms with Crippen molar-refractivity contribution in [2.24, 2.45) is 5.41 Å². The van der Waals surface area contributed by atoms with Gasteiger partial charge in [0.1, 0.15) is 5.82 Å². The van der Waals surface area contributed by atoms with Crippen LogP contribution in [0.5, 0.6) is 0 Å². The first-order valence-corrected chi connectivity index (χ1v) is 9.25. The Morgan fingerprint density at radius 1 is 1.43 bits per heavy atom. The Morgan fingerprint density at radius 2 is 2.05 bits per heavy atom. The van der Waals surface area contributed by atoms with E-state index >= 15 is 0 Å². The summed E-state index contributed by atoms with van der Waals surface area (Å²) in [5.74, 6) is 1.12. The van der Waals surface area contributed by atoms with Crippen LogP contribution in [0.1, 0.15) is 46.4 Å². The van der Waals surface area contributed by atoms with Gasteiger partial charge in [0.05, 0.1) is 0 Å². The number of rotatable bonds is 7. The fourth-order valence-corrected chi connectivity index (χ4v) is 3.80. The Labute approximate surface area is 133 Å². The lowest BCUT2D eigenvalue weighted by atomic mass is 9.86. The van der Waals surface area contributed by atoms with E-state index in [0.29, 0.717) is 18.1 Å². The SMILES string of the molecule is CCCn1cc(S(=O)(=O)NC(CCCl)C(C)(C)C)nc1C. The molecule has 1 heterocycles. The number of imidazole rings is 1. The van der Waals surface area contributed by atoms with Crippen LogP contribution >= 0.6 is 11.6 Å². The summed E-state index contributed by atoms with van der Waals surface area (Å²) >= 11 is 5.79. The first kappa shape index (κ1) is 18.5. The van der Waals surface area contributed by atoms with E-state index in [1.807, 2.05) is 39.2 Å². The summed E-state index contributed by atoms with van der Waals surface area (Å²) in [5, 5.41) is 0.0808. The third kappa shape index (κ3) is 4.97. The van der Waals surface area contributed by atoms with Gasteiger partial charge in [0.15, 0.2) is 5.03 Å². The predicted molar refractivity (Wildman–Crippen MR) is 86.2 cm³/mol. The number of halogens is 1. The molecule has 21 heavy (non-hydrogen) atoms. The summed E-state index contributed by atoms with van der Waals surface area (Å²) in [7, 11) is -3.63. The van der Waals surface area contributed by atoms with Gasteiger partial charge >= 0.3 is 0 Å². The quantitative estimate of drug-likeness (QED) is 0.779. The maximum absolute atomic E-state index is 12.5. The largest absolute Gasteiger partial charge is 0.334 e. The molecule has 1 aromatic heterocycles. The molecule has 0 aliphatic heterocycles. The summed E-state index contributed by atoms with van der Waals surface area (Å²) in [4.78, 5) is 4.18. The summed E-state index contributed by atoms with van der Waals surface area (Å²) in [5.41, 5.74) is -0.205. The molecule has 0 aromatic carbocycles. The fraction of sp³-hybridized carbons (Fsp3) is 0.786. The molecule has 1 aromatic rings. The maximum Gasteiger partial charge on any atom is 0.259 e. The van der Waals surface area contributed by atoms with Crippen LogP contribution in [0.2, 0.25) is 0 Å². The van der Waals surface area contributed by atoms with Crippen molar-refractivity contribution in [3.8, 4) is 0 Å². The molecule has 0 amide bonds. The van der Waals surface area contributed by atoms with Gasteiger partial charge < -0.3 is 4.57 Å². The van der Waals surface area contributed by atoms with Crippen LogP contribution in [0.25, 0.3) is 0 Å². The molecule has 1 N–H and O–H groups in total. The number of hydrogen-bond acceptors (Lipinski definition) is 3. The molecule has 0 fully saturated rings. The fourth-order valence-electron chi connectivity index (χ4n) is 2.10. The van der Waals surface area contributed by atoms with Gasteiger partial charge in [0, 0.05) is 24.7 Å². The lowest BCUT2D eigenvalue weighted by Crippen LogP contribution is -2.44. The minimum Gasteiger partial charge on any atom is -0.334 e. The molecule has 122 valence electrons. The third-order valence-corrected chi connectivity index (χ3v) is 4.99. The van der Waals surface area contributed by atoms with Crippen LogP contribution in [-0.4, -0.2) is 29.9 Å². The normalized spacial score (nSPS) is 14.4. The summed E-state index contributed by atoms with van der Waals surface area (Å²) in [6.07, 6.45) is 3.11. The number of nitrogens with zero attached hydrogens (tertiary/aromatic N) is 2. The van der Waals surface area contributed by atoms with E-state index < -0.39 is 10.0 Å². The van der Waals surface area contributed by atoms with Crippen molar-refractivity contribution in [1.82, 2.24) is 14.3 Å². The summed E-state index contributed by atoms with van der Waals surface area (Å²) in [6, 6.07) is -0.225. The monoisotopic (exact) mass is 335 g/mol. The highest BCUT2D eigenvalue weighted by atomic mass is 35.5. The zero-order valence-electron chi connectivity index (χ0n) is 13.5. The number of alkyl halides is 1. The highest BCUT2D eigenvalue weighted by Gasteiger charge is 2.30. The number of aryl methyl sites for hydroxylation is 2. The molecule has 1 rings (SSSR count). The van der Waals surface area contributed by atoms with Crippen molar-refractivity contribution >= 4 is 21.6 Å². The van der Waals surface area contributed by atoms with Gasteiger partial charge in [-0.25, -0.2) is 18.1 Å². The zero-order valence-corrected chi connectivity index (χ0v) is 15.1. The minimum atomic E-state index is -3.63. The molecule has 0 aliphatic rings. The number of hydrogen-bond donors (Lipinski definition) is 1. The molecule has 0 saturated carbocycles. The van der Waals surface area contributed by atoms with Crippen LogP contribution in [0.4, 0.5) is 0 Å². The Morgan fingerprint density at radius 3 is 2.52 bits per heavy atom. The lowest BCUT2D eigenvalue weighted by Gasteiger charge is -2.30. The molecule has 0 aliphatic carbocycles. The van der Waals surface area contributed by atoms with E-state index in [-0.39, 0.29) is 16.5 Å². The second kappa shape index (κ2) is 7.11. The van der Waals surface area contributed by atoms with Crippen molar-refractivity contribution in [2.75, 3.05) is 5.88 Å². The zero-order chi connectivity index (χ0) is 16.3. The molecule has 7 heteroatoms. The van der Waals surface area contributed by atoms with Crippen molar-refractivity contribution < 1.29 is 8.42 Å². The van der Waals surface area contributed by atoms with Gasteiger partial charge in [-0.2, -0.15) is 0 Å². The van der Waals surface area contributed by atoms with Crippen LogP contribution in [0, 0.1) is 12.3 Å². The highest BCUT2D eigenvalue weighted by Crippen LogP contribution is 2.24. The molecular weight excluding hydrogens is 310 g/mol. The van der Waals surface area contributed by atoms with Crippen molar-refractivity contribution in [1.29, 1.82) is 0 Å². The van der Waals surface area contributed by atoms with Gasteiger partial charge in [0.2, 0.25) is 0 Å². The standard InChI is InChI=1S/C14H26ClN3O2S/c1-6-9-18-10-13(16-11(18)2)21(19,20)17-12(7-8-15)14(3,4)5/h10,12,17H,6-9H2,1-5H3. The van der Waals surface area contributed by atoms with E-state index in [1.165, 1.54) is 0 Å². The highest BCUT2D eigenvalue weighted by molar-refractivity contribution is 7.89. The minimum absolute atomic E-state index is 0.0808. The smallest absolute Gasteiger partial charge is 0.259 e. The van der Waals surface area contributed by atoms with Gasteiger partial charge in [-0.3, -0.25) is 0 Å². The predicted octanol–water partition coefficient (Wildman–Crippen LogP) is 2.92. The third-order valence-electron chi connectivity index (χ3n) is 3.43. The summed E-state index contributed by atoms with van der Waals surface area (Å²) in [6.45, 7) is 10.6. The van der Waals surface area contributed by atoms with Gasteiger partial charge in [-0.05, 0) is 25.2 Å². The van der Waals surface area contributed by atoms with E-state index in [0.717, 1.165) is 13.0 Å². The molecule has 5 nitrogen and oxygen atoms in total. The van der Waals surface area contributed by atoms with Crippen molar-refractivity contribution in [3.05, 3.63) is 12.0 Å². The second-order valence-electron chi connectivity index (χ2n) is 6.34. The second-order valence-corrected chi connectivity index (χ2v) is 8.38. The van der Waals surface area contributed by atoms with Crippen LogP contribution in [-0.2, 0) is 16.6 Å². The van der Waals surface area contributed by atoms with Crippen LogP contribution < -0.4 is 4.72 Å². The van der Waals surface area contributed by atoms with Crippen molar-refractivity contribution in [3.63, 3.8) is 0 Å². The average Bonchev–Trinajstić information content (AvgIpc) is 2.70. The number of nitrogens with one attached hydrogen (secondary N) is 1. The molecular formula is C14H26ClN3O2S. The Balaban J connectivity index is 3.02. The Kier molecular flexibility index (Phi) is 6.25. The molecule has 1 unspecified atom stereocenters. The van der Waals surface area contributed by atoms with E-state index in [1.54, 1.807) is 6.20 Å². The first-order valence-electron chi connectivity index (χ1n) is 7.24. The molecule has 0 bridgehead atoms. The van der Waals surface area contributed by atoms with Crippen molar-refractivity contribution in [2.45, 2.75) is 65.1 Å². The van der Waals surface area contributed by atoms with E-state index in [2.05, 4.69) is 9.71 Å². The Hall–Kier alpha value is -0.590. The molecule has 0 radical (unpaired) electrons. The van der Waals surface area contributed by atoms with E-state index in [9.17, 15) is 8.42 Å². The van der Waals surface area contributed by atoms with Gasteiger partial charge in [0.25, 0.3) is 10.0 Å². The molecule has 1 atom stereocenters. The number of sulfonamides is 1. The van der Waals surface area contributed by atoms with E-state index in [4.69, 9.17) is 11.6 Å². The Bertz CT molecular complexity index is 561. The maximum atomic E-state index is 12.5. The lowest BCUT2D eigenvalue weighted by molar-refractivity contribution is 0.292. The topological polar surface area (TPSA) is 64.0 Å².